The monoisotopic (exact) mass is 295 g/mol. The number of hydrogen-bond donors (Lipinski definition) is 0. The van der Waals surface area contributed by atoms with Gasteiger partial charge in [0.25, 0.3) is 0 Å². The van der Waals surface area contributed by atoms with E-state index in [9.17, 15) is 17.6 Å². The molecule has 1 aromatic rings. The van der Waals surface area contributed by atoms with Gasteiger partial charge in [0.2, 0.25) is 0 Å². The van der Waals surface area contributed by atoms with Gasteiger partial charge in [0.05, 0.1) is 10.6 Å². The molecule has 1 aliphatic heterocycles. The van der Waals surface area contributed by atoms with Crippen LogP contribution in [0.2, 0.25) is 0 Å². The van der Waals surface area contributed by atoms with Crippen LogP contribution in [-0.4, -0.2) is 25.2 Å². The van der Waals surface area contributed by atoms with Crippen molar-refractivity contribution in [3.05, 3.63) is 24.0 Å². The molecule has 0 saturated heterocycles. The Labute approximate surface area is 116 Å². The summed E-state index contributed by atoms with van der Waals surface area (Å²) in [5, 5.41) is -1.23. The van der Waals surface area contributed by atoms with Crippen molar-refractivity contribution in [2.24, 2.45) is 10.4 Å². The van der Waals surface area contributed by atoms with Crippen LogP contribution in [0.25, 0.3) is 0 Å². The van der Waals surface area contributed by atoms with Crippen LogP contribution in [0.5, 0.6) is 0 Å². The van der Waals surface area contributed by atoms with Crippen molar-refractivity contribution >= 4 is 27.0 Å². The minimum absolute atomic E-state index is 0.181. The zero-order valence-electron chi connectivity index (χ0n) is 11.2. The normalized spacial score (nSPS) is 26.4. The van der Waals surface area contributed by atoms with Gasteiger partial charge >= 0.3 is 0 Å². The maximum Gasteiger partial charge on any atom is 0.195 e. The van der Waals surface area contributed by atoms with E-state index in [2.05, 4.69) is 4.99 Å². The molecule has 0 radical (unpaired) electrons. The van der Waals surface area contributed by atoms with Gasteiger partial charge in [-0.3, -0.25) is 9.79 Å². The van der Waals surface area contributed by atoms with Gasteiger partial charge in [0.15, 0.2) is 20.9 Å². The van der Waals surface area contributed by atoms with Crippen LogP contribution in [0.3, 0.4) is 0 Å². The standard InChI is InChI=1S/C14H14FNO3S/c1-14(2)6-10-13(11(17)7-14)20(18,19)12-5-8(15)3-4-9(12)16-10/h3-5,13H,6-7H2,1-2H3. The predicted molar refractivity (Wildman–Crippen MR) is 72.5 cm³/mol. The van der Waals surface area contributed by atoms with E-state index in [0.29, 0.717) is 12.1 Å². The highest BCUT2D eigenvalue weighted by Gasteiger charge is 2.48. The van der Waals surface area contributed by atoms with Crippen molar-refractivity contribution in [3.8, 4) is 0 Å². The summed E-state index contributed by atoms with van der Waals surface area (Å²) >= 11 is 0. The van der Waals surface area contributed by atoms with E-state index >= 15 is 0 Å². The van der Waals surface area contributed by atoms with Crippen LogP contribution in [0, 0.1) is 11.2 Å². The highest BCUT2D eigenvalue weighted by Crippen LogP contribution is 2.42. The Morgan fingerprint density at radius 2 is 2.00 bits per heavy atom. The first kappa shape index (κ1) is 13.4. The van der Waals surface area contributed by atoms with Crippen LogP contribution in [0.15, 0.2) is 28.1 Å². The fraction of sp³-hybridized carbons (Fsp3) is 0.429. The third kappa shape index (κ3) is 1.90. The van der Waals surface area contributed by atoms with E-state index in [1.165, 1.54) is 12.1 Å². The van der Waals surface area contributed by atoms with Gasteiger partial charge < -0.3 is 0 Å². The summed E-state index contributed by atoms with van der Waals surface area (Å²) in [6.45, 7) is 3.83. The van der Waals surface area contributed by atoms with Gasteiger partial charge in [-0.05, 0) is 30.0 Å². The number of halogens is 1. The number of carbonyl (C=O) groups excluding carboxylic acids is 1. The molecule has 20 heavy (non-hydrogen) atoms. The largest absolute Gasteiger partial charge is 0.298 e. The van der Waals surface area contributed by atoms with Crippen LogP contribution in [-0.2, 0) is 14.6 Å². The summed E-state index contributed by atoms with van der Waals surface area (Å²) in [5.74, 6) is -0.996. The van der Waals surface area contributed by atoms with Gasteiger partial charge in [-0.2, -0.15) is 0 Å². The number of benzene rings is 1. The first-order chi connectivity index (χ1) is 9.21. The Balaban J connectivity index is 2.25. The molecular formula is C14H14FNO3S. The summed E-state index contributed by atoms with van der Waals surface area (Å²) in [4.78, 5) is 16.3. The summed E-state index contributed by atoms with van der Waals surface area (Å²) in [5.41, 5.74) is 0.313. The zero-order chi connectivity index (χ0) is 14.7. The Hall–Kier alpha value is -1.56. The van der Waals surface area contributed by atoms with Crippen LogP contribution >= 0.6 is 0 Å². The highest BCUT2D eigenvalue weighted by atomic mass is 32.2. The second-order valence-corrected chi connectivity index (χ2v) is 8.13. The van der Waals surface area contributed by atoms with Crippen molar-refractivity contribution in [3.63, 3.8) is 0 Å². The van der Waals surface area contributed by atoms with E-state index < -0.39 is 20.9 Å². The molecule has 0 N–H and O–H groups in total. The van der Waals surface area contributed by atoms with Crippen LogP contribution < -0.4 is 0 Å². The SMILES string of the molecule is CC1(C)CC(=O)C2C(=Nc3ccc(F)cc3S2(=O)=O)C1. The molecule has 1 unspecified atom stereocenters. The molecule has 3 rings (SSSR count). The lowest BCUT2D eigenvalue weighted by Crippen LogP contribution is -2.47. The molecule has 1 heterocycles. The van der Waals surface area contributed by atoms with E-state index in [-0.39, 0.29) is 28.2 Å². The van der Waals surface area contributed by atoms with Gasteiger partial charge in [-0.25, -0.2) is 12.8 Å². The molecule has 6 heteroatoms. The Morgan fingerprint density at radius 1 is 1.30 bits per heavy atom. The second-order valence-electron chi connectivity index (χ2n) is 6.12. The van der Waals surface area contributed by atoms with Crippen LogP contribution in [0.4, 0.5) is 10.1 Å². The summed E-state index contributed by atoms with van der Waals surface area (Å²) < 4.78 is 38.4. The molecule has 4 nitrogen and oxygen atoms in total. The Morgan fingerprint density at radius 3 is 2.70 bits per heavy atom. The van der Waals surface area contributed by atoms with Crippen molar-refractivity contribution in [1.82, 2.24) is 0 Å². The molecule has 1 fully saturated rings. The summed E-state index contributed by atoms with van der Waals surface area (Å²) in [6.07, 6.45) is 0.653. The average molecular weight is 295 g/mol. The first-order valence-electron chi connectivity index (χ1n) is 6.34. The van der Waals surface area contributed by atoms with Crippen molar-refractivity contribution in [2.75, 3.05) is 0 Å². The number of rotatable bonds is 0. The van der Waals surface area contributed by atoms with E-state index in [1.807, 2.05) is 13.8 Å². The topological polar surface area (TPSA) is 63.6 Å². The van der Waals surface area contributed by atoms with Crippen LogP contribution in [0.1, 0.15) is 26.7 Å². The Kier molecular flexibility index (Phi) is 2.67. The second kappa shape index (κ2) is 3.97. The lowest BCUT2D eigenvalue weighted by atomic mass is 9.75. The number of Topliss-reactive ketones (excluding diaryl/α,β-unsaturated/α-hetero) is 1. The van der Waals surface area contributed by atoms with Crippen molar-refractivity contribution < 1.29 is 17.6 Å². The number of ketones is 1. The van der Waals surface area contributed by atoms with Gasteiger partial charge in [0.1, 0.15) is 5.82 Å². The lowest BCUT2D eigenvalue weighted by molar-refractivity contribution is -0.120. The fourth-order valence-electron chi connectivity index (χ4n) is 2.94. The first-order valence-corrected chi connectivity index (χ1v) is 7.89. The Bertz CT molecular complexity index is 750. The minimum atomic E-state index is -3.89. The smallest absolute Gasteiger partial charge is 0.195 e. The number of nitrogens with zero attached hydrogens (tertiary/aromatic N) is 1. The molecule has 2 aliphatic rings. The molecule has 0 spiro atoms. The molecular weight excluding hydrogens is 281 g/mol. The fourth-order valence-corrected chi connectivity index (χ4v) is 4.80. The number of carbonyl (C=O) groups is 1. The summed E-state index contributed by atoms with van der Waals surface area (Å²) in [6, 6.07) is 3.46. The van der Waals surface area contributed by atoms with Crippen molar-refractivity contribution in [2.45, 2.75) is 36.8 Å². The highest BCUT2D eigenvalue weighted by molar-refractivity contribution is 7.94. The molecule has 1 aromatic carbocycles. The molecule has 1 aliphatic carbocycles. The lowest BCUT2D eigenvalue weighted by Gasteiger charge is -2.36. The van der Waals surface area contributed by atoms with E-state index in [4.69, 9.17) is 0 Å². The maximum atomic E-state index is 13.3. The third-order valence-corrected chi connectivity index (χ3v) is 5.81. The quantitative estimate of drug-likeness (QED) is 0.738. The molecule has 1 atom stereocenters. The third-order valence-electron chi connectivity index (χ3n) is 3.71. The predicted octanol–water partition coefficient (Wildman–Crippen LogP) is 2.44. The van der Waals surface area contributed by atoms with Gasteiger partial charge in [-0.15, -0.1) is 0 Å². The summed E-state index contributed by atoms with van der Waals surface area (Å²) in [7, 11) is -3.89. The zero-order valence-corrected chi connectivity index (χ0v) is 12.0. The molecule has 0 bridgehead atoms. The van der Waals surface area contributed by atoms with Gasteiger partial charge in [0, 0.05) is 12.1 Å². The number of sulfone groups is 1. The molecule has 0 aromatic heterocycles. The average Bonchev–Trinajstić information content (AvgIpc) is 2.27. The molecule has 106 valence electrons. The van der Waals surface area contributed by atoms with E-state index in [1.54, 1.807) is 0 Å². The molecule has 0 amide bonds. The molecule has 1 saturated carbocycles. The maximum absolute atomic E-state index is 13.3. The number of hydrogen-bond acceptors (Lipinski definition) is 4. The van der Waals surface area contributed by atoms with Crippen molar-refractivity contribution in [1.29, 1.82) is 0 Å². The minimum Gasteiger partial charge on any atom is -0.298 e. The number of aliphatic imine (C=N–C) groups is 1. The van der Waals surface area contributed by atoms with E-state index in [0.717, 1.165) is 6.07 Å². The van der Waals surface area contributed by atoms with Gasteiger partial charge in [-0.1, -0.05) is 13.8 Å². The number of fused-ring (bicyclic) bond motifs is 2.